The Morgan fingerprint density at radius 3 is 2.47 bits per heavy atom. The van der Waals surface area contributed by atoms with Crippen molar-refractivity contribution in [2.75, 3.05) is 26.8 Å². The first kappa shape index (κ1) is 24.3. The van der Waals surface area contributed by atoms with Crippen LogP contribution in [-0.2, 0) is 25.7 Å². The SMILES string of the molecule is CCOC(=O)[C@]12CCCCC/C=C\1N(Cc1ccc(OC)cc1)C(=O)[C@H]2CC(=O)N1CCCC1. The lowest BCUT2D eigenvalue weighted by molar-refractivity contribution is -0.158. The Kier molecular flexibility index (Phi) is 7.59. The van der Waals surface area contributed by atoms with Gasteiger partial charge in [0.25, 0.3) is 0 Å². The molecule has 4 rings (SSSR count). The number of likely N-dealkylation sites (tertiary alicyclic amines) is 2. The summed E-state index contributed by atoms with van der Waals surface area (Å²) in [6.07, 6.45) is 8.25. The van der Waals surface area contributed by atoms with E-state index in [-0.39, 0.29) is 30.8 Å². The van der Waals surface area contributed by atoms with E-state index in [9.17, 15) is 14.4 Å². The van der Waals surface area contributed by atoms with Gasteiger partial charge in [0, 0.05) is 25.2 Å². The lowest BCUT2D eigenvalue weighted by Crippen LogP contribution is -2.42. The van der Waals surface area contributed by atoms with Crippen molar-refractivity contribution in [2.24, 2.45) is 11.3 Å². The Morgan fingerprint density at radius 2 is 1.79 bits per heavy atom. The summed E-state index contributed by atoms with van der Waals surface area (Å²) in [6, 6.07) is 7.61. The van der Waals surface area contributed by atoms with Crippen LogP contribution in [0.2, 0.25) is 0 Å². The Bertz CT molecular complexity index is 935. The van der Waals surface area contributed by atoms with E-state index in [1.54, 1.807) is 18.9 Å². The molecule has 2 saturated heterocycles. The molecule has 0 spiro atoms. The lowest BCUT2D eigenvalue weighted by Gasteiger charge is -2.34. The smallest absolute Gasteiger partial charge is 0.318 e. The fraction of sp³-hybridized carbons (Fsp3) is 0.593. The van der Waals surface area contributed by atoms with Crippen LogP contribution in [0.25, 0.3) is 0 Å². The van der Waals surface area contributed by atoms with Crippen LogP contribution in [0.5, 0.6) is 5.75 Å². The number of hydrogen-bond acceptors (Lipinski definition) is 5. The quantitative estimate of drug-likeness (QED) is 0.564. The number of ether oxygens (including phenoxy) is 2. The molecule has 184 valence electrons. The molecular weight excluding hydrogens is 432 g/mol. The molecule has 2 fully saturated rings. The molecule has 2 heterocycles. The minimum atomic E-state index is -1.10. The molecule has 7 heteroatoms. The maximum atomic E-state index is 14.0. The first-order chi connectivity index (χ1) is 16.5. The van der Waals surface area contributed by atoms with Gasteiger partial charge in [0.2, 0.25) is 11.8 Å². The summed E-state index contributed by atoms with van der Waals surface area (Å²) in [5, 5.41) is 0. The van der Waals surface area contributed by atoms with Crippen molar-refractivity contribution in [3.8, 4) is 5.75 Å². The summed E-state index contributed by atoms with van der Waals surface area (Å²) in [4.78, 5) is 44.4. The average molecular weight is 469 g/mol. The van der Waals surface area contributed by atoms with Gasteiger partial charge in [-0.15, -0.1) is 0 Å². The largest absolute Gasteiger partial charge is 0.497 e. The molecule has 0 unspecified atom stereocenters. The minimum absolute atomic E-state index is 0.0350. The molecule has 0 bridgehead atoms. The van der Waals surface area contributed by atoms with Crippen LogP contribution in [0, 0.1) is 11.3 Å². The highest BCUT2D eigenvalue weighted by Crippen LogP contribution is 2.53. The van der Waals surface area contributed by atoms with Crippen LogP contribution in [0.15, 0.2) is 36.0 Å². The number of nitrogens with zero attached hydrogens (tertiary/aromatic N) is 2. The number of amides is 2. The van der Waals surface area contributed by atoms with Gasteiger partial charge in [-0.05, 0) is 56.7 Å². The third kappa shape index (κ3) is 4.57. The molecule has 1 aliphatic carbocycles. The number of carbonyl (C=O) groups excluding carboxylic acids is 3. The standard InChI is InChI=1S/C27H36N2O5/c1-3-34-26(32)27-15-7-5-4-6-10-23(27)29(19-20-11-13-21(33-2)14-12-20)25(31)22(27)18-24(30)28-16-8-9-17-28/h10-14,22H,3-9,15-19H2,1-2H3/b23-10+/t22-,27+/m1/s1. The summed E-state index contributed by atoms with van der Waals surface area (Å²) in [6.45, 7) is 3.84. The fourth-order valence-electron chi connectivity index (χ4n) is 5.71. The Balaban J connectivity index is 1.73. The van der Waals surface area contributed by atoms with E-state index in [1.165, 1.54) is 0 Å². The lowest BCUT2D eigenvalue weighted by atomic mass is 9.69. The molecule has 0 saturated carbocycles. The monoisotopic (exact) mass is 468 g/mol. The third-order valence-electron chi connectivity index (χ3n) is 7.50. The second-order valence-corrected chi connectivity index (χ2v) is 9.50. The van der Waals surface area contributed by atoms with Crippen LogP contribution in [0.1, 0.15) is 63.9 Å². The first-order valence-electron chi connectivity index (χ1n) is 12.6. The molecule has 1 aromatic carbocycles. The fourth-order valence-corrected chi connectivity index (χ4v) is 5.71. The maximum absolute atomic E-state index is 14.0. The predicted molar refractivity (Wildman–Crippen MR) is 128 cm³/mol. The number of rotatable bonds is 7. The molecule has 0 aromatic heterocycles. The van der Waals surface area contributed by atoms with E-state index in [1.807, 2.05) is 29.2 Å². The summed E-state index contributed by atoms with van der Waals surface area (Å²) >= 11 is 0. The van der Waals surface area contributed by atoms with Gasteiger partial charge in [-0.2, -0.15) is 0 Å². The van der Waals surface area contributed by atoms with Crippen molar-refractivity contribution >= 4 is 17.8 Å². The molecule has 3 aliphatic rings. The number of carbonyl (C=O) groups is 3. The zero-order valence-electron chi connectivity index (χ0n) is 20.4. The first-order valence-corrected chi connectivity index (χ1v) is 12.6. The van der Waals surface area contributed by atoms with Gasteiger partial charge >= 0.3 is 5.97 Å². The topological polar surface area (TPSA) is 76.1 Å². The van der Waals surface area contributed by atoms with Crippen LogP contribution in [0.3, 0.4) is 0 Å². The van der Waals surface area contributed by atoms with E-state index in [0.29, 0.717) is 13.0 Å². The maximum Gasteiger partial charge on any atom is 0.318 e. The molecule has 2 atom stereocenters. The Hall–Kier alpha value is -2.83. The van der Waals surface area contributed by atoms with Crippen molar-refractivity contribution in [3.05, 3.63) is 41.6 Å². The van der Waals surface area contributed by atoms with E-state index in [4.69, 9.17) is 9.47 Å². The van der Waals surface area contributed by atoms with Gasteiger partial charge in [0.1, 0.15) is 11.2 Å². The number of fused-ring (bicyclic) bond motifs is 1. The van der Waals surface area contributed by atoms with Gasteiger partial charge in [0.15, 0.2) is 0 Å². The summed E-state index contributed by atoms with van der Waals surface area (Å²) in [5.74, 6) is -0.538. The predicted octanol–water partition coefficient (Wildman–Crippen LogP) is 4.06. The van der Waals surface area contributed by atoms with Crippen molar-refractivity contribution in [3.63, 3.8) is 0 Å². The summed E-state index contributed by atoms with van der Waals surface area (Å²) < 4.78 is 10.9. The highest BCUT2D eigenvalue weighted by molar-refractivity contribution is 5.98. The minimum Gasteiger partial charge on any atom is -0.497 e. The van der Waals surface area contributed by atoms with E-state index in [2.05, 4.69) is 6.08 Å². The second kappa shape index (κ2) is 10.6. The molecule has 0 N–H and O–H groups in total. The zero-order valence-corrected chi connectivity index (χ0v) is 20.4. The Labute approximate surface area is 202 Å². The van der Waals surface area contributed by atoms with E-state index < -0.39 is 11.3 Å². The molecule has 7 nitrogen and oxygen atoms in total. The van der Waals surface area contributed by atoms with Crippen LogP contribution in [-0.4, -0.2) is 54.4 Å². The number of allylic oxidation sites excluding steroid dienone is 1. The van der Waals surface area contributed by atoms with E-state index in [0.717, 1.165) is 68.6 Å². The second-order valence-electron chi connectivity index (χ2n) is 9.50. The number of methoxy groups -OCH3 is 1. The zero-order chi connectivity index (χ0) is 24.1. The van der Waals surface area contributed by atoms with E-state index >= 15 is 0 Å². The van der Waals surface area contributed by atoms with Gasteiger partial charge in [0.05, 0.1) is 26.2 Å². The Morgan fingerprint density at radius 1 is 1.06 bits per heavy atom. The van der Waals surface area contributed by atoms with Gasteiger partial charge in [-0.3, -0.25) is 14.4 Å². The van der Waals surface area contributed by atoms with Gasteiger partial charge in [-0.1, -0.05) is 31.1 Å². The average Bonchev–Trinajstić information content (AvgIpc) is 3.43. The highest BCUT2D eigenvalue weighted by atomic mass is 16.5. The van der Waals surface area contributed by atoms with Crippen molar-refractivity contribution in [1.29, 1.82) is 0 Å². The third-order valence-corrected chi connectivity index (χ3v) is 7.50. The van der Waals surface area contributed by atoms with Crippen LogP contribution in [0.4, 0.5) is 0 Å². The molecule has 1 aromatic rings. The summed E-state index contributed by atoms with van der Waals surface area (Å²) in [5.41, 5.74) is 0.571. The number of benzene rings is 1. The summed E-state index contributed by atoms with van der Waals surface area (Å²) in [7, 11) is 1.62. The number of hydrogen-bond donors (Lipinski definition) is 0. The molecule has 2 amide bonds. The van der Waals surface area contributed by atoms with Gasteiger partial charge < -0.3 is 19.3 Å². The molecule has 2 aliphatic heterocycles. The normalized spacial score (nSPS) is 26.4. The molecular formula is C27H36N2O5. The molecule has 34 heavy (non-hydrogen) atoms. The molecule has 0 radical (unpaired) electrons. The van der Waals surface area contributed by atoms with Gasteiger partial charge in [-0.25, -0.2) is 0 Å². The van der Waals surface area contributed by atoms with Crippen molar-refractivity contribution < 1.29 is 23.9 Å². The van der Waals surface area contributed by atoms with Crippen LogP contribution >= 0.6 is 0 Å². The van der Waals surface area contributed by atoms with Crippen molar-refractivity contribution in [1.82, 2.24) is 9.80 Å². The number of esters is 1. The highest BCUT2D eigenvalue weighted by Gasteiger charge is 2.61. The van der Waals surface area contributed by atoms with Crippen molar-refractivity contribution in [2.45, 2.75) is 64.8 Å². The van der Waals surface area contributed by atoms with Crippen LogP contribution < -0.4 is 4.74 Å².